The molecule has 1 aromatic rings. The van der Waals surface area contributed by atoms with Gasteiger partial charge in [-0.3, -0.25) is 0 Å². The largest absolute Gasteiger partial charge is 0.338 e. The molecule has 0 aromatic heterocycles. The normalized spacial score (nSPS) is 9.68. The van der Waals surface area contributed by atoms with Crippen molar-refractivity contribution in [1.82, 2.24) is 10.6 Å². The molecule has 0 bridgehead atoms. The summed E-state index contributed by atoms with van der Waals surface area (Å²) in [4.78, 5) is 11.6. The van der Waals surface area contributed by atoms with E-state index in [1.54, 1.807) is 0 Å². The zero-order valence-electron chi connectivity index (χ0n) is 13.6. The number of carbonyl (C=O) groups excluding carboxylic acids is 1. The molecule has 3 nitrogen and oxygen atoms in total. The van der Waals surface area contributed by atoms with Crippen molar-refractivity contribution in [3.63, 3.8) is 0 Å². The zero-order valence-corrected chi connectivity index (χ0v) is 13.6. The van der Waals surface area contributed by atoms with Crippen LogP contribution in [0.25, 0.3) is 0 Å². The highest BCUT2D eigenvalue weighted by Crippen LogP contribution is 1.99. The lowest BCUT2D eigenvalue weighted by Crippen LogP contribution is -2.35. The van der Waals surface area contributed by atoms with Gasteiger partial charge in [0, 0.05) is 13.1 Å². The highest BCUT2D eigenvalue weighted by Gasteiger charge is 1.98. The van der Waals surface area contributed by atoms with E-state index < -0.39 is 0 Å². The molecule has 120 valence electrons. The van der Waals surface area contributed by atoms with Gasteiger partial charge in [0.25, 0.3) is 0 Å². The number of rotatable bonds is 10. The molecule has 22 heavy (non-hydrogen) atoms. The molecule has 0 fully saturated rings. The summed E-state index contributed by atoms with van der Waals surface area (Å²) in [5.74, 6) is 0. The quantitative estimate of drug-likeness (QED) is 0.483. The van der Waals surface area contributed by atoms with E-state index >= 15 is 0 Å². The van der Waals surface area contributed by atoms with Gasteiger partial charge < -0.3 is 10.6 Å². The lowest BCUT2D eigenvalue weighted by molar-refractivity contribution is 0.240. The van der Waals surface area contributed by atoms with E-state index in [-0.39, 0.29) is 6.03 Å². The Balaban J connectivity index is 2.00. The average molecular weight is 300 g/mol. The number of allylic oxidation sites excluding steroid dienone is 1. The Bertz CT molecular complexity index is 462. The van der Waals surface area contributed by atoms with Crippen molar-refractivity contribution in [2.45, 2.75) is 52.0 Å². The summed E-state index contributed by atoms with van der Waals surface area (Å²) in [6.45, 7) is 3.46. The van der Waals surface area contributed by atoms with Gasteiger partial charge in [-0.1, -0.05) is 50.1 Å². The molecule has 2 N–H and O–H groups in total. The number of urea groups is 1. The second-order valence-electron chi connectivity index (χ2n) is 5.31. The number of hydrogen-bond acceptors (Lipinski definition) is 1. The van der Waals surface area contributed by atoms with Crippen molar-refractivity contribution < 1.29 is 4.79 Å². The lowest BCUT2D eigenvalue weighted by atomic mass is 10.2. The smallest absolute Gasteiger partial charge is 0.315 e. The summed E-state index contributed by atoms with van der Waals surface area (Å²) in [6.07, 6.45) is 11.0. The van der Waals surface area contributed by atoms with Crippen LogP contribution in [0.5, 0.6) is 0 Å². The van der Waals surface area contributed by atoms with Crippen molar-refractivity contribution in [3.05, 3.63) is 53.8 Å². The van der Waals surface area contributed by atoms with Crippen LogP contribution in [0.3, 0.4) is 0 Å². The van der Waals surface area contributed by atoms with E-state index in [1.165, 1.54) is 19.3 Å². The fraction of sp³-hybridized carbons (Fsp3) is 0.474. The number of carbonyl (C=O) groups is 1. The SMILES string of the molecule is CCCCCC=C=CCCCNC(=O)NCc1ccccc1. The van der Waals surface area contributed by atoms with Crippen molar-refractivity contribution >= 4 is 6.03 Å². The maximum Gasteiger partial charge on any atom is 0.315 e. The monoisotopic (exact) mass is 300 g/mol. The molecule has 0 radical (unpaired) electrons. The van der Waals surface area contributed by atoms with Gasteiger partial charge >= 0.3 is 6.03 Å². The Labute approximate surface area is 134 Å². The van der Waals surface area contributed by atoms with E-state index in [0.717, 1.165) is 24.8 Å². The summed E-state index contributed by atoms with van der Waals surface area (Å²) in [6, 6.07) is 9.79. The number of hydrogen-bond donors (Lipinski definition) is 2. The van der Waals surface area contributed by atoms with Gasteiger partial charge in [-0.2, -0.15) is 0 Å². The van der Waals surface area contributed by atoms with Gasteiger partial charge in [0.2, 0.25) is 0 Å². The Morgan fingerprint density at radius 3 is 2.50 bits per heavy atom. The van der Waals surface area contributed by atoms with Gasteiger partial charge in [-0.05, 0) is 43.4 Å². The summed E-state index contributed by atoms with van der Waals surface area (Å²) in [5, 5.41) is 5.71. The Kier molecular flexibility index (Phi) is 10.4. The first-order valence-corrected chi connectivity index (χ1v) is 8.28. The Hall–Kier alpha value is -1.99. The molecule has 0 saturated carbocycles. The Morgan fingerprint density at radius 1 is 1.05 bits per heavy atom. The van der Waals surface area contributed by atoms with Crippen LogP contribution < -0.4 is 10.6 Å². The van der Waals surface area contributed by atoms with Gasteiger partial charge in [0.05, 0.1) is 0 Å². The average Bonchev–Trinajstić information content (AvgIpc) is 2.55. The molecule has 0 unspecified atom stereocenters. The predicted octanol–water partition coefficient (Wildman–Crippen LogP) is 4.56. The van der Waals surface area contributed by atoms with Crippen molar-refractivity contribution in [2.75, 3.05) is 6.54 Å². The summed E-state index contributed by atoms with van der Waals surface area (Å²) in [7, 11) is 0. The molecular weight excluding hydrogens is 272 g/mol. The summed E-state index contributed by atoms with van der Waals surface area (Å²) >= 11 is 0. The van der Waals surface area contributed by atoms with E-state index in [4.69, 9.17) is 0 Å². The molecule has 1 aromatic carbocycles. The highest BCUT2D eigenvalue weighted by atomic mass is 16.2. The maximum atomic E-state index is 11.6. The third-order valence-electron chi connectivity index (χ3n) is 3.29. The van der Waals surface area contributed by atoms with E-state index in [0.29, 0.717) is 13.1 Å². The molecule has 2 amide bonds. The van der Waals surface area contributed by atoms with Gasteiger partial charge in [-0.15, -0.1) is 5.73 Å². The minimum atomic E-state index is -0.108. The number of unbranched alkanes of at least 4 members (excludes halogenated alkanes) is 4. The molecule has 0 aliphatic carbocycles. The second kappa shape index (κ2) is 12.7. The maximum absolute atomic E-state index is 11.6. The standard InChI is InChI=1S/C19H28N2O/c1-2-3-4-5-6-7-8-9-13-16-20-19(22)21-17-18-14-11-10-12-15-18/h6,8,10-12,14-15H,2-5,9,13,16-17H2,1H3,(H2,20,21,22). The van der Waals surface area contributed by atoms with Crippen LogP contribution in [0.15, 0.2) is 48.2 Å². The van der Waals surface area contributed by atoms with Crippen LogP contribution in [-0.4, -0.2) is 12.6 Å². The molecule has 0 heterocycles. The van der Waals surface area contributed by atoms with Crippen molar-refractivity contribution in [3.8, 4) is 0 Å². The number of nitrogens with one attached hydrogen (secondary N) is 2. The number of amides is 2. The first-order valence-electron chi connectivity index (χ1n) is 8.28. The minimum absolute atomic E-state index is 0.108. The summed E-state index contributed by atoms with van der Waals surface area (Å²) < 4.78 is 0. The van der Waals surface area contributed by atoms with E-state index in [9.17, 15) is 4.79 Å². The first-order chi connectivity index (χ1) is 10.8. The molecular formula is C19H28N2O. The fourth-order valence-electron chi connectivity index (χ4n) is 1.99. The van der Waals surface area contributed by atoms with Gasteiger partial charge in [-0.25, -0.2) is 4.79 Å². The third-order valence-corrected chi connectivity index (χ3v) is 3.29. The molecule has 3 heteroatoms. The lowest BCUT2D eigenvalue weighted by Gasteiger charge is -2.06. The van der Waals surface area contributed by atoms with Crippen LogP contribution in [0.2, 0.25) is 0 Å². The van der Waals surface area contributed by atoms with Crippen molar-refractivity contribution in [2.24, 2.45) is 0 Å². The fourth-order valence-corrected chi connectivity index (χ4v) is 1.99. The van der Waals surface area contributed by atoms with Crippen LogP contribution in [0, 0.1) is 0 Å². The molecule has 0 aliphatic rings. The van der Waals surface area contributed by atoms with Gasteiger partial charge in [0.1, 0.15) is 0 Å². The van der Waals surface area contributed by atoms with Crippen LogP contribution >= 0.6 is 0 Å². The predicted molar refractivity (Wildman–Crippen MR) is 92.7 cm³/mol. The van der Waals surface area contributed by atoms with E-state index in [1.807, 2.05) is 30.3 Å². The topological polar surface area (TPSA) is 41.1 Å². The molecule has 0 saturated heterocycles. The molecule has 0 aliphatic heterocycles. The second-order valence-corrected chi connectivity index (χ2v) is 5.31. The van der Waals surface area contributed by atoms with E-state index in [2.05, 4.69) is 35.4 Å². The van der Waals surface area contributed by atoms with Crippen LogP contribution in [0.4, 0.5) is 4.79 Å². The zero-order chi connectivity index (χ0) is 15.9. The third kappa shape index (κ3) is 9.84. The van der Waals surface area contributed by atoms with Crippen LogP contribution in [0.1, 0.15) is 51.0 Å². The van der Waals surface area contributed by atoms with Crippen LogP contribution in [-0.2, 0) is 6.54 Å². The van der Waals surface area contributed by atoms with Crippen molar-refractivity contribution in [1.29, 1.82) is 0 Å². The summed E-state index contributed by atoms with van der Waals surface area (Å²) in [5.41, 5.74) is 4.31. The molecule has 0 atom stereocenters. The van der Waals surface area contributed by atoms with Gasteiger partial charge in [0.15, 0.2) is 0 Å². The number of benzene rings is 1. The highest BCUT2D eigenvalue weighted by molar-refractivity contribution is 5.73. The molecule has 1 rings (SSSR count). The first kappa shape index (κ1) is 18.1. The Morgan fingerprint density at radius 2 is 1.77 bits per heavy atom. The molecule has 0 spiro atoms. The minimum Gasteiger partial charge on any atom is -0.338 e.